The molecule has 1 atom stereocenters. The first-order chi connectivity index (χ1) is 15.1. The SMILES string of the molecule is COc1ccc(-c2nc(S[C@@H](C)C(=O)N3CCN(Cc4ccccc4)CC3)n[nH]2)cc1. The quantitative estimate of drug-likeness (QED) is 0.572. The molecule has 4 rings (SSSR count). The van der Waals surface area contributed by atoms with Gasteiger partial charge in [0.15, 0.2) is 5.82 Å². The Kier molecular flexibility index (Phi) is 6.89. The van der Waals surface area contributed by atoms with Gasteiger partial charge in [0, 0.05) is 38.3 Å². The molecule has 1 aliphatic rings. The molecule has 0 saturated carbocycles. The van der Waals surface area contributed by atoms with Crippen molar-refractivity contribution in [2.45, 2.75) is 23.9 Å². The molecule has 1 aromatic heterocycles. The average Bonchev–Trinajstić information content (AvgIpc) is 3.28. The fourth-order valence-electron chi connectivity index (χ4n) is 3.61. The summed E-state index contributed by atoms with van der Waals surface area (Å²) in [5.41, 5.74) is 2.23. The number of H-pyrrole nitrogens is 1. The van der Waals surface area contributed by atoms with E-state index in [-0.39, 0.29) is 11.2 Å². The Morgan fingerprint density at radius 3 is 2.48 bits per heavy atom. The van der Waals surface area contributed by atoms with Crippen LogP contribution in [-0.2, 0) is 11.3 Å². The van der Waals surface area contributed by atoms with Gasteiger partial charge in [-0.05, 0) is 36.8 Å². The molecule has 0 radical (unpaired) electrons. The van der Waals surface area contributed by atoms with E-state index in [4.69, 9.17) is 4.74 Å². The van der Waals surface area contributed by atoms with Gasteiger partial charge in [0.1, 0.15) is 5.75 Å². The van der Waals surface area contributed by atoms with Gasteiger partial charge in [0.05, 0.1) is 12.4 Å². The number of ether oxygens (including phenoxy) is 1. The second kappa shape index (κ2) is 9.98. The predicted octanol–water partition coefficient (Wildman–Crippen LogP) is 3.31. The molecule has 1 fully saturated rings. The lowest BCUT2D eigenvalue weighted by molar-refractivity contribution is -0.132. The van der Waals surface area contributed by atoms with Gasteiger partial charge in [-0.25, -0.2) is 4.98 Å². The zero-order chi connectivity index (χ0) is 21.6. The maximum atomic E-state index is 12.9. The number of hydrogen-bond acceptors (Lipinski definition) is 6. The van der Waals surface area contributed by atoms with Crippen LogP contribution in [0.25, 0.3) is 11.4 Å². The zero-order valence-electron chi connectivity index (χ0n) is 17.8. The number of methoxy groups -OCH3 is 1. The Morgan fingerprint density at radius 2 is 1.81 bits per heavy atom. The van der Waals surface area contributed by atoms with Gasteiger partial charge >= 0.3 is 0 Å². The summed E-state index contributed by atoms with van der Waals surface area (Å²) in [6.07, 6.45) is 0. The van der Waals surface area contributed by atoms with E-state index in [1.807, 2.05) is 42.2 Å². The van der Waals surface area contributed by atoms with Crippen LogP contribution in [0.4, 0.5) is 0 Å². The molecule has 1 amide bonds. The Morgan fingerprint density at radius 1 is 1.10 bits per heavy atom. The minimum Gasteiger partial charge on any atom is -0.497 e. The number of rotatable bonds is 7. The molecule has 8 heteroatoms. The highest BCUT2D eigenvalue weighted by molar-refractivity contribution is 8.00. The first-order valence-corrected chi connectivity index (χ1v) is 11.3. The van der Waals surface area contributed by atoms with Gasteiger partial charge in [-0.15, -0.1) is 5.10 Å². The summed E-state index contributed by atoms with van der Waals surface area (Å²) in [4.78, 5) is 21.8. The van der Waals surface area contributed by atoms with Gasteiger partial charge in [-0.1, -0.05) is 42.1 Å². The molecular weight excluding hydrogens is 410 g/mol. The standard InChI is InChI=1S/C23H27N5O2S/c1-17(31-23-24-21(25-26-23)19-8-10-20(30-2)11-9-19)22(29)28-14-12-27(13-15-28)16-18-6-4-3-5-7-18/h3-11,17H,12-16H2,1-2H3,(H,24,25,26)/t17-/m0/s1. The Hall–Kier alpha value is -2.84. The lowest BCUT2D eigenvalue weighted by Gasteiger charge is -2.35. The van der Waals surface area contributed by atoms with Crippen molar-refractivity contribution in [3.63, 3.8) is 0 Å². The number of amides is 1. The minimum absolute atomic E-state index is 0.139. The lowest BCUT2D eigenvalue weighted by atomic mass is 10.2. The molecule has 1 saturated heterocycles. The summed E-state index contributed by atoms with van der Waals surface area (Å²) in [5, 5.41) is 7.58. The Bertz CT molecular complexity index is 985. The van der Waals surface area contributed by atoms with Crippen LogP contribution in [0.3, 0.4) is 0 Å². The molecule has 0 bridgehead atoms. The summed E-state index contributed by atoms with van der Waals surface area (Å²) in [7, 11) is 1.64. The van der Waals surface area contributed by atoms with Crippen LogP contribution in [-0.4, -0.2) is 69.4 Å². The molecule has 162 valence electrons. The number of aromatic amines is 1. The highest BCUT2D eigenvalue weighted by Gasteiger charge is 2.26. The molecule has 1 aliphatic heterocycles. The molecule has 0 aliphatic carbocycles. The van der Waals surface area contributed by atoms with E-state index < -0.39 is 0 Å². The van der Waals surface area contributed by atoms with Crippen molar-refractivity contribution in [2.75, 3.05) is 33.3 Å². The van der Waals surface area contributed by atoms with Crippen LogP contribution >= 0.6 is 11.8 Å². The van der Waals surface area contributed by atoms with E-state index in [2.05, 4.69) is 44.3 Å². The van der Waals surface area contributed by atoms with Gasteiger partial charge in [0.25, 0.3) is 0 Å². The molecule has 1 N–H and O–H groups in total. The van der Waals surface area contributed by atoms with Crippen LogP contribution in [0.1, 0.15) is 12.5 Å². The van der Waals surface area contributed by atoms with Crippen molar-refractivity contribution in [1.82, 2.24) is 25.0 Å². The van der Waals surface area contributed by atoms with E-state index in [1.165, 1.54) is 17.3 Å². The average molecular weight is 438 g/mol. The zero-order valence-corrected chi connectivity index (χ0v) is 18.6. The van der Waals surface area contributed by atoms with E-state index in [9.17, 15) is 4.79 Å². The lowest BCUT2D eigenvalue weighted by Crippen LogP contribution is -2.50. The number of hydrogen-bond donors (Lipinski definition) is 1. The third kappa shape index (κ3) is 5.45. The number of carbonyl (C=O) groups is 1. The third-order valence-electron chi connectivity index (χ3n) is 5.39. The van der Waals surface area contributed by atoms with E-state index in [0.717, 1.165) is 44.0 Å². The number of nitrogens with zero attached hydrogens (tertiary/aromatic N) is 4. The summed E-state index contributed by atoms with van der Waals surface area (Å²) < 4.78 is 5.19. The summed E-state index contributed by atoms with van der Waals surface area (Å²) >= 11 is 1.39. The van der Waals surface area contributed by atoms with Crippen molar-refractivity contribution in [2.24, 2.45) is 0 Å². The molecule has 7 nitrogen and oxygen atoms in total. The Balaban J connectivity index is 1.28. The Labute approximate surface area is 186 Å². The number of nitrogens with one attached hydrogen (secondary N) is 1. The fourth-order valence-corrected chi connectivity index (χ4v) is 4.42. The first kappa shape index (κ1) is 21.4. The van der Waals surface area contributed by atoms with Crippen molar-refractivity contribution < 1.29 is 9.53 Å². The monoisotopic (exact) mass is 437 g/mol. The van der Waals surface area contributed by atoms with Crippen molar-refractivity contribution in [3.05, 3.63) is 60.2 Å². The van der Waals surface area contributed by atoms with Crippen LogP contribution in [0.2, 0.25) is 0 Å². The fraction of sp³-hybridized carbons (Fsp3) is 0.348. The molecule has 0 spiro atoms. The number of aromatic nitrogens is 3. The van der Waals surface area contributed by atoms with Gasteiger partial charge in [-0.2, -0.15) is 0 Å². The second-order valence-corrected chi connectivity index (χ2v) is 8.85. The number of benzene rings is 2. The van der Waals surface area contributed by atoms with Crippen LogP contribution < -0.4 is 4.74 Å². The van der Waals surface area contributed by atoms with Crippen molar-refractivity contribution >= 4 is 17.7 Å². The highest BCUT2D eigenvalue weighted by atomic mass is 32.2. The summed E-state index contributed by atoms with van der Waals surface area (Å²) in [6.45, 7) is 6.13. The van der Waals surface area contributed by atoms with Crippen molar-refractivity contribution in [3.8, 4) is 17.1 Å². The van der Waals surface area contributed by atoms with Crippen LogP contribution in [0.5, 0.6) is 5.75 Å². The largest absolute Gasteiger partial charge is 0.497 e. The molecule has 31 heavy (non-hydrogen) atoms. The summed E-state index contributed by atoms with van der Waals surface area (Å²) in [6, 6.07) is 18.1. The third-order valence-corrected chi connectivity index (χ3v) is 6.34. The van der Waals surface area contributed by atoms with Gasteiger partial charge in [0.2, 0.25) is 11.1 Å². The van der Waals surface area contributed by atoms with E-state index in [1.54, 1.807) is 7.11 Å². The van der Waals surface area contributed by atoms with E-state index >= 15 is 0 Å². The van der Waals surface area contributed by atoms with E-state index in [0.29, 0.717) is 11.0 Å². The first-order valence-electron chi connectivity index (χ1n) is 10.4. The van der Waals surface area contributed by atoms with Crippen molar-refractivity contribution in [1.29, 1.82) is 0 Å². The maximum absolute atomic E-state index is 12.9. The number of piperazine rings is 1. The molecular formula is C23H27N5O2S. The minimum atomic E-state index is -0.236. The number of carbonyl (C=O) groups excluding carboxylic acids is 1. The maximum Gasteiger partial charge on any atom is 0.235 e. The topological polar surface area (TPSA) is 74.3 Å². The molecule has 2 aromatic carbocycles. The molecule has 2 heterocycles. The predicted molar refractivity (Wildman–Crippen MR) is 122 cm³/mol. The smallest absolute Gasteiger partial charge is 0.235 e. The number of thioether (sulfide) groups is 1. The second-order valence-electron chi connectivity index (χ2n) is 7.54. The van der Waals surface area contributed by atoms with Crippen LogP contribution in [0.15, 0.2) is 59.8 Å². The van der Waals surface area contributed by atoms with Gasteiger partial charge < -0.3 is 9.64 Å². The normalized spacial score (nSPS) is 15.6. The van der Waals surface area contributed by atoms with Crippen LogP contribution in [0, 0.1) is 0 Å². The van der Waals surface area contributed by atoms with Gasteiger partial charge in [-0.3, -0.25) is 14.8 Å². The molecule has 0 unspecified atom stereocenters. The summed E-state index contributed by atoms with van der Waals surface area (Å²) in [5.74, 6) is 1.61. The molecule has 3 aromatic rings. The highest BCUT2D eigenvalue weighted by Crippen LogP contribution is 2.25.